The quantitative estimate of drug-likeness (QED) is 0.175. The lowest BCUT2D eigenvalue weighted by atomic mass is 9.83. The van der Waals surface area contributed by atoms with Crippen LogP contribution in [0.1, 0.15) is 48.8 Å². The Morgan fingerprint density at radius 2 is 1.85 bits per heavy atom. The number of nitrogens with zero attached hydrogens (tertiary/aromatic N) is 4. The van der Waals surface area contributed by atoms with E-state index in [1.54, 1.807) is 4.57 Å². The highest BCUT2D eigenvalue weighted by Crippen LogP contribution is 2.42. The second-order valence-electron chi connectivity index (χ2n) is 14.5. The van der Waals surface area contributed by atoms with E-state index in [-0.39, 0.29) is 24.2 Å². The van der Waals surface area contributed by atoms with Crippen molar-refractivity contribution >= 4 is 28.3 Å². The van der Waals surface area contributed by atoms with E-state index in [0.717, 1.165) is 63.6 Å². The molecule has 254 valence electrons. The summed E-state index contributed by atoms with van der Waals surface area (Å²) in [5.41, 5.74) is 4.12. The predicted molar refractivity (Wildman–Crippen MR) is 189 cm³/mol. The molecule has 2 aliphatic rings. The summed E-state index contributed by atoms with van der Waals surface area (Å²) >= 11 is 0. The highest BCUT2D eigenvalue weighted by atomic mass is 16.5. The Labute approximate surface area is 283 Å². The predicted octanol–water partition coefficient (Wildman–Crippen LogP) is 5.88. The van der Waals surface area contributed by atoms with E-state index in [1.165, 1.54) is 5.56 Å². The number of aromatic hydroxyl groups is 1. The summed E-state index contributed by atoms with van der Waals surface area (Å²) in [7, 11) is 6.46. The van der Waals surface area contributed by atoms with Crippen LogP contribution in [0.4, 0.5) is 5.69 Å². The third kappa shape index (κ3) is 7.22. The molecule has 6 rings (SSSR count). The van der Waals surface area contributed by atoms with Crippen LogP contribution in [0.5, 0.6) is 11.6 Å². The summed E-state index contributed by atoms with van der Waals surface area (Å²) in [4.78, 5) is 31.4. The maximum Gasteiger partial charge on any atom is 0.308 e. The lowest BCUT2D eigenvalue weighted by Crippen LogP contribution is -2.45. The molecule has 3 heterocycles. The number of hydrogen-bond acceptors (Lipinski definition) is 5. The van der Waals surface area contributed by atoms with Gasteiger partial charge in [0.05, 0.1) is 40.2 Å². The number of hydrogen-bond donors (Lipinski definition) is 2. The van der Waals surface area contributed by atoms with E-state index in [9.17, 15) is 19.8 Å². The number of carboxylic acids is 1. The molecule has 3 aromatic carbocycles. The van der Waals surface area contributed by atoms with Gasteiger partial charge in [0.2, 0.25) is 5.91 Å². The van der Waals surface area contributed by atoms with E-state index in [0.29, 0.717) is 32.7 Å². The first-order chi connectivity index (χ1) is 23.0. The van der Waals surface area contributed by atoms with Crippen molar-refractivity contribution in [1.29, 1.82) is 0 Å². The Morgan fingerprint density at radius 3 is 2.60 bits per heavy atom. The number of likely N-dealkylation sites (tertiary alicyclic amines) is 1. The topological polar surface area (TPSA) is 95.2 Å². The molecule has 1 unspecified atom stereocenters. The van der Waals surface area contributed by atoms with Crippen LogP contribution in [0.3, 0.4) is 0 Å². The van der Waals surface area contributed by atoms with Crippen molar-refractivity contribution in [3.05, 3.63) is 89.6 Å². The molecular formula is C39H49N4O5+. The number of amides is 1. The number of aliphatic carboxylic acids is 1. The molecule has 0 saturated carbocycles. The lowest BCUT2D eigenvalue weighted by molar-refractivity contribution is -0.884. The highest BCUT2D eigenvalue weighted by molar-refractivity contribution is 5.95. The molecule has 0 bridgehead atoms. The number of fused-ring (bicyclic) bond motifs is 2. The fraction of sp³-hybridized carbons (Fsp3) is 0.436. The molecule has 2 N–H and O–H groups in total. The van der Waals surface area contributed by atoms with Crippen molar-refractivity contribution < 1.29 is 29.0 Å². The first-order valence-corrected chi connectivity index (χ1v) is 17.2. The van der Waals surface area contributed by atoms with Gasteiger partial charge in [-0.2, -0.15) is 0 Å². The number of carboxylic acid groups (broad SMARTS) is 1. The molecule has 9 nitrogen and oxygen atoms in total. The summed E-state index contributed by atoms with van der Waals surface area (Å²) < 4.78 is 8.32. The van der Waals surface area contributed by atoms with Crippen LogP contribution in [0, 0.1) is 5.92 Å². The van der Waals surface area contributed by atoms with Gasteiger partial charge in [-0.25, -0.2) is 0 Å². The van der Waals surface area contributed by atoms with E-state index in [1.807, 2.05) is 59.6 Å². The second-order valence-corrected chi connectivity index (χ2v) is 14.5. The number of unbranched alkanes of at least 4 members (excludes halogenated alkanes) is 1. The molecular weight excluding hydrogens is 604 g/mol. The molecule has 1 saturated heterocycles. The number of carbonyl (C=O) groups excluding carboxylic acids is 1. The van der Waals surface area contributed by atoms with Crippen LogP contribution in [-0.4, -0.2) is 89.5 Å². The van der Waals surface area contributed by atoms with Gasteiger partial charge in [-0.15, -0.1) is 0 Å². The minimum absolute atomic E-state index is 0.0301. The van der Waals surface area contributed by atoms with Gasteiger partial charge in [0, 0.05) is 66.2 Å². The third-order valence-electron chi connectivity index (χ3n) is 9.86. The molecule has 0 radical (unpaired) electrons. The molecule has 0 aliphatic carbocycles. The van der Waals surface area contributed by atoms with E-state index < -0.39 is 17.9 Å². The van der Waals surface area contributed by atoms with Crippen LogP contribution in [0.15, 0.2) is 72.9 Å². The number of anilines is 1. The third-order valence-corrected chi connectivity index (χ3v) is 9.86. The van der Waals surface area contributed by atoms with Crippen molar-refractivity contribution in [1.82, 2.24) is 9.47 Å². The zero-order valence-electron chi connectivity index (χ0n) is 28.6. The zero-order valence-corrected chi connectivity index (χ0v) is 28.6. The number of aromatic nitrogens is 1. The fourth-order valence-corrected chi connectivity index (χ4v) is 7.61. The molecule has 0 spiro atoms. The summed E-state index contributed by atoms with van der Waals surface area (Å²) in [5, 5.41) is 23.4. The van der Waals surface area contributed by atoms with E-state index >= 15 is 0 Å². The monoisotopic (exact) mass is 653 g/mol. The van der Waals surface area contributed by atoms with Crippen molar-refractivity contribution in [2.75, 3.05) is 52.3 Å². The van der Waals surface area contributed by atoms with Gasteiger partial charge < -0.3 is 28.9 Å². The van der Waals surface area contributed by atoms with Crippen LogP contribution >= 0.6 is 0 Å². The molecule has 1 amide bonds. The number of benzene rings is 3. The largest absolute Gasteiger partial charge is 0.494 e. The van der Waals surface area contributed by atoms with Crippen LogP contribution in [-0.2, 0) is 29.1 Å². The van der Waals surface area contributed by atoms with Crippen molar-refractivity contribution in [2.24, 2.45) is 5.92 Å². The van der Waals surface area contributed by atoms with Crippen LogP contribution in [0.25, 0.3) is 10.8 Å². The van der Waals surface area contributed by atoms with Crippen LogP contribution < -0.4 is 9.64 Å². The normalized spacial score (nSPS) is 19.4. The van der Waals surface area contributed by atoms with E-state index in [2.05, 4.69) is 51.2 Å². The zero-order chi connectivity index (χ0) is 34.0. The Balaban J connectivity index is 1.31. The average molecular weight is 654 g/mol. The van der Waals surface area contributed by atoms with Gasteiger partial charge in [-0.3, -0.25) is 14.5 Å². The first kappa shape index (κ1) is 33.6. The van der Waals surface area contributed by atoms with Gasteiger partial charge in [-0.05, 0) is 48.2 Å². The number of carbonyl (C=O) groups is 2. The summed E-state index contributed by atoms with van der Waals surface area (Å²) in [5.74, 6) is -0.871. The number of aryl methyl sites for hydroxylation is 1. The standard InChI is InChI=1S/C39H48N4O5/c1-5-6-18-42(31-12-9-10-27(21-31)26-43(2,3)4)36(44)25-41-24-33(28-14-15-35-29(22-28)17-20-48-35)37(39(46)47)34(41)16-19-40-23-30-11-7-8-13-32(30)38(40)45/h7-15,21-23,33-34,37H,5-6,16-20,24-26H2,1-4H3,(H-,45,46,47)/p+1/t33-,34+,37?/m1/s1. The minimum Gasteiger partial charge on any atom is -0.494 e. The smallest absolute Gasteiger partial charge is 0.308 e. The molecule has 9 heteroatoms. The van der Waals surface area contributed by atoms with Gasteiger partial charge in [-0.1, -0.05) is 55.8 Å². The Hall–Kier alpha value is -4.34. The molecule has 3 atom stereocenters. The first-order valence-electron chi connectivity index (χ1n) is 17.2. The highest BCUT2D eigenvalue weighted by Gasteiger charge is 2.47. The Bertz CT molecular complexity index is 1780. The molecule has 1 fully saturated rings. The molecule has 1 aromatic heterocycles. The average Bonchev–Trinajstić information content (AvgIpc) is 3.75. The lowest BCUT2D eigenvalue weighted by Gasteiger charge is -2.30. The second kappa shape index (κ2) is 14.0. The maximum absolute atomic E-state index is 14.3. The Kier molecular flexibility index (Phi) is 9.80. The van der Waals surface area contributed by atoms with Gasteiger partial charge in [0.1, 0.15) is 12.3 Å². The van der Waals surface area contributed by atoms with Gasteiger partial charge >= 0.3 is 5.97 Å². The SMILES string of the molecule is CCCCN(C(=O)CN1C[C@H](c2ccc3c(c2)CCO3)C(C(=O)O)[C@@H]1CCn1cc2ccccc2c1O)c1cccc(C[N+](C)(C)C)c1. The molecule has 48 heavy (non-hydrogen) atoms. The van der Waals surface area contributed by atoms with Crippen molar-refractivity contribution in [3.63, 3.8) is 0 Å². The number of ether oxygens (including phenoxy) is 1. The van der Waals surface area contributed by atoms with Gasteiger partial charge in [0.15, 0.2) is 5.88 Å². The van der Waals surface area contributed by atoms with Crippen molar-refractivity contribution in [3.8, 4) is 11.6 Å². The maximum atomic E-state index is 14.3. The molecule has 2 aliphatic heterocycles. The minimum atomic E-state index is -0.866. The Morgan fingerprint density at radius 1 is 1.04 bits per heavy atom. The van der Waals surface area contributed by atoms with E-state index in [4.69, 9.17) is 4.74 Å². The summed E-state index contributed by atoms with van der Waals surface area (Å²) in [6, 6.07) is 21.6. The number of rotatable bonds is 13. The van der Waals surface area contributed by atoms with Gasteiger partial charge in [0.25, 0.3) is 0 Å². The molecule has 4 aromatic rings. The fourth-order valence-electron chi connectivity index (χ4n) is 7.61. The number of quaternary nitrogens is 1. The summed E-state index contributed by atoms with van der Waals surface area (Å²) in [6.45, 7) is 5.19. The van der Waals surface area contributed by atoms with Crippen LogP contribution in [0.2, 0.25) is 0 Å². The van der Waals surface area contributed by atoms with Crippen molar-refractivity contribution in [2.45, 2.75) is 57.7 Å². The summed E-state index contributed by atoms with van der Waals surface area (Å²) in [6.07, 6.45) is 5.01.